The normalized spacial score (nSPS) is 18.8. The van der Waals surface area contributed by atoms with Crippen LogP contribution in [0.25, 0.3) is 0 Å². The number of nitrogens with zero attached hydrogens (tertiary/aromatic N) is 1. The fourth-order valence-corrected chi connectivity index (χ4v) is 5.34. The van der Waals surface area contributed by atoms with Crippen molar-refractivity contribution in [2.75, 3.05) is 19.8 Å². The second-order valence-corrected chi connectivity index (χ2v) is 9.23. The first-order valence-corrected chi connectivity index (χ1v) is 10.8. The number of Topliss-reactive ketones (excluding diaryl/α,β-unsaturated/α-hetero) is 1. The molecule has 0 spiro atoms. The van der Waals surface area contributed by atoms with E-state index in [4.69, 9.17) is 16.3 Å². The summed E-state index contributed by atoms with van der Waals surface area (Å²) in [6.45, 7) is 0.587. The Morgan fingerprint density at radius 3 is 2.88 bits per heavy atom. The Morgan fingerprint density at radius 2 is 2.19 bits per heavy atom. The Hall–Kier alpha value is -1.32. The number of morpholine rings is 1. The summed E-state index contributed by atoms with van der Waals surface area (Å²) < 4.78 is 45.9. The van der Waals surface area contributed by atoms with Crippen LogP contribution in [-0.2, 0) is 20.5 Å². The van der Waals surface area contributed by atoms with Gasteiger partial charge in [0.2, 0.25) is 10.0 Å². The second kappa shape index (κ2) is 8.14. The van der Waals surface area contributed by atoms with Gasteiger partial charge in [-0.15, -0.1) is 11.3 Å². The highest BCUT2D eigenvalue weighted by atomic mass is 35.5. The molecule has 0 aliphatic carbocycles. The van der Waals surface area contributed by atoms with Gasteiger partial charge in [0.1, 0.15) is 5.82 Å². The molecule has 2 heterocycles. The molecule has 0 saturated carbocycles. The number of thiophene rings is 1. The smallest absolute Gasteiger partial charge is 0.218 e. The highest BCUT2D eigenvalue weighted by Gasteiger charge is 2.34. The van der Waals surface area contributed by atoms with E-state index < -0.39 is 21.9 Å². The summed E-state index contributed by atoms with van der Waals surface area (Å²) >= 11 is 6.96. The van der Waals surface area contributed by atoms with E-state index in [0.29, 0.717) is 10.4 Å². The number of rotatable bonds is 6. The zero-order valence-corrected chi connectivity index (χ0v) is 16.1. The molecule has 26 heavy (non-hydrogen) atoms. The van der Waals surface area contributed by atoms with Crippen molar-refractivity contribution in [3.63, 3.8) is 0 Å². The van der Waals surface area contributed by atoms with Crippen LogP contribution in [0.4, 0.5) is 4.39 Å². The van der Waals surface area contributed by atoms with E-state index in [1.807, 2.05) is 0 Å². The topological polar surface area (TPSA) is 63.7 Å². The third-order valence-corrected chi connectivity index (χ3v) is 7.19. The van der Waals surface area contributed by atoms with Gasteiger partial charge < -0.3 is 4.74 Å². The van der Waals surface area contributed by atoms with Gasteiger partial charge in [-0.1, -0.05) is 23.7 Å². The summed E-state index contributed by atoms with van der Waals surface area (Å²) in [7, 11) is -3.73. The Balaban J connectivity index is 1.76. The summed E-state index contributed by atoms with van der Waals surface area (Å²) in [4.78, 5) is 12.9. The molecule has 9 heteroatoms. The average molecular weight is 418 g/mol. The Bertz CT molecular complexity index is 886. The highest BCUT2D eigenvalue weighted by molar-refractivity contribution is 7.88. The maximum atomic E-state index is 13.6. The first kappa shape index (κ1) is 19.4. The Morgan fingerprint density at radius 1 is 1.38 bits per heavy atom. The summed E-state index contributed by atoms with van der Waals surface area (Å²) in [6.07, 6.45) is 0.0503. The minimum absolute atomic E-state index is 0.0503. The number of hydrogen-bond donors (Lipinski definition) is 0. The fraction of sp³-hybridized carbons (Fsp3) is 0.353. The lowest BCUT2D eigenvalue weighted by molar-refractivity contribution is 0.0293. The van der Waals surface area contributed by atoms with Gasteiger partial charge >= 0.3 is 0 Å². The lowest BCUT2D eigenvalue weighted by Gasteiger charge is -2.34. The van der Waals surface area contributed by atoms with E-state index in [1.165, 1.54) is 27.8 Å². The van der Waals surface area contributed by atoms with Gasteiger partial charge in [-0.05, 0) is 29.1 Å². The lowest BCUT2D eigenvalue weighted by atomic mass is 10.1. The first-order chi connectivity index (χ1) is 12.4. The highest BCUT2D eigenvalue weighted by Crippen LogP contribution is 2.23. The quantitative estimate of drug-likeness (QED) is 0.676. The molecule has 1 aliphatic heterocycles. The van der Waals surface area contributed by atoms with Crippen molar-refractivity contribution in [3.05, 3.63) is 57.0 Å². The minimum Gasteiger partial charge on any atom is -0.378 e. The van der Waals surface area contributed by atoms with Crippen LogP contribution in [0.15, 0.2) is 35.7 Å². The number of hydrogen-bond acceptors (Lipinski definition) is 5. The molecule has 1 aromatic carbocycles. The molecule has 1 atom stereocenters. The van der Waals surface area contributed by atoms with Gasteiger partial charge in [0.25, 0.3) is 0 Å². The molecule has 1 aromatic heterocycles. The lowest BCUT2D eigenvalue weighted by Crippen LogP contribution is -2.49. The number of ether oxygens (including phenoxy) is 1. The zero-order chi connectivity index (χ0) is 18.7. The van der Waals surface area contributed by atoms with Crippen LogP contribution in [0, 0.1) is 5.82 Å². The van der Waals surface area contributed by atoms with Gasteiger partial charge in [0, 0.05) is 13.0 Å². The third-order valence-electron chi connectivity index (χ3n) is 4.08. The van der Waals surface area contributed by atoms with Crippen molar-refractivity contribution in [2.24, 2.45) is 0 Å². The Kier molecular flexibility index (Phi) is 6.09. The third kappa shape index (κ3) is 4.50. The molecule has 2 aromatic rings. The molecular formula is C17H17ClFNO4S2. The van der Waals surface area contributed by atoms with Crippen molar-refractivity contribution in [1.82, 2.24) is 4.31 Å². The van der Waals surface area contributed by atoms with Crippen LogP contribution in [0.3, 0.4) is 0 Å². The van der Waals surface area contributed by atoms with Gasteiger partial charge in [-0.3, -0.25) is 4.79 Å². The molecule has 0 bridgehead atoms. The summed E-state index contributed by atoms with van der Waals surface area (Å²) in [5.74, 6) is -1.14. The number of halogens is 2. The van der Waals surface area contributed by atoms with Crippen molar-refractivity contribution in [1.29, 1.82) is 0 Å². The molecule has 140 valence electrons. The fourth-order valence-electron chi connectivity index (χ4n) is 2.84. The van der Waals surface area contributed by atoms with Crippen LogP contribution in [-0.4, -0.2) is 44.3 Å². The van der Waals surface area contributed by atoms with E-state index in [0.717, 1.165) is 6.07 Å². The number of carbonyl (C=O) groups excluding carboxylic acids is 1. The summed E-state index contributed by atoms with van der Waals surface area (Å²) in [6, 6.07) is 6.85. The van der Waals surface area contributed by atoms with Crippen molar-refractivity contribution >= 4 is 38.7 Å². The van der Waals surface area contributed by atoms with Crippen LogP contribution >= 0.6 is 22.9 Å². The molecular weight excluding hydrogens is 401 g/mol. The molecule has 0 amide bonds. The molecule has 5 nitrogen and oxygen atoms in total. The summed E-state index contributed by atoms with van der Waals surface area (Å²) in [5.41, 5.74) is 0.307. The second-order valence-electron chi connectivity index (χ2n) is 5.95. The van der Waals surface area contributed by atoms with Gasteiger partial charge in [-0.2, -0.15) is 4.31 Å². The molecule has 0 N–H and O–H groups in total. The van der Waals surface area contributed by atoms with Crippen molar-refractivity contribution < 1.29 is 22.3 Å². The summed E-state index contributed by atoms with van der Waals surface area (Å²) in [5, 5.41) is 1.74. The molecule has 1 saturated heterocycles. The first-order valence-electron chi connectivity index (χ1n) is 7.95. The van der Waals surface area contributed by atoms with E-state index in [-0.39, 0.29) is 42.7 Å². The van der Waals surface area contributed by atoms with Crippen molar-refractivity contribution in [2.45, 2.75) is 18.2 Å². The minimum atomic E-state index is -3.73. The SMILES string of the molecule is O=C(CC1COCCN1S(=O)(=O)Cc1ccc(Cl)c(F)c1)c1cccs1. The number of ketones is 1. The Labute approximate surface area is 160 Å². The number of carbonyl (C=O) groups is 1. The van der Waals surface area contributed by atoms with E-state index in [1.54, 1.807) is 17.5 Å². The molecule has 1 unspecified atom stereocenters. The van der Waals surface area contributed by atoms with Crippen LogP contribution in [0.1, 0.15) is 21.7 Å². The van der Waals surface area contributed by atoms with Crippen LogP contribution < -0.4 is 0 Å². The van der Waals surface area contributed by atoms with Crippen molar-refractivity contribution in [3.8, 4) is 0 Å². The van der Waals surface area contributed by atoms with Gasteiger partial charge in [0.05, 0.1) is 34.9 Å². The number of sulfonamides is 1. The maximum Gasteiger partial charge on any atom is 0.218 e. The van der Waals surface area contributed by atoms with E-state index in [2.05, 4.69) is 0 Å². The van der Waals surface area contributed by atoms with E-state index in [9.17, 15) is 17.6 Å². The molecule has 1 aliphatic rings. The predicted molar refractivity (Wildman–Crippen MR) is 98.6 cm³/mol. The standard InChI is InChI=1S/C17H17ClFNO4S2/c18-14-4-3-12(8-15(14)19)11-26(22,23)20-5-6-24-10-13(20)9-16(21)17-2-1-7-25-17/h1-4,7-8,13H,5-6,9-11H2. The van der Waals surface area contributed by atoms with Crippen LogP contribution in [0.5, 0.6) is 0 Å². The number of benzene rings is 1. The van der Waals surface area contributed by atoms with E-state index >= 15 is 0 Å². The average Bonchev–Trinajstić information content (AvgIpc) is 3.13. The molecule has 3 rings (SSSR count). The monoisotopic (exact) mass is 417 g/mol. The molecule has 1 fully saturated rings. The predicted octanol–water partition coefficient (Wildman–Crippen LogP) is 3.34. The maximum absolute atomic E-state index is 13.6. The largest absolute Gasteiger partial charge is 0.378 e. The molecule has 0 radical (unpaired) electrons. The van der Waals surface area contributed by atoms with Crippen LogP contribution in [0.2, 0.25) is 5.02 Å². The van der Waals surface area contributed by atoms with Gasteiger partial charge in [-0.25, -0.2) is 12.8 Å². The zero-order valence-electron chi connectivity index (χ0n) is 13.7. The van der Waals surface area contributed by atoms with Gasteiger partial charge in [0.15, 0.2) is 5.78 Å².